The molecule has 1 aliphatic rings. The molecule has 0 saturated carbocycles. The number of nitrogens with two attached hydrogens (primary N) is 1. The smallest absolute Gasteiger partial charge is 0.362 e. The summed E-state index contributed by atoms with van der Waals surface area (Å²) >= 11 is 1.25. The van der Waals surface area contributed by atoms with Crippen LogP contribution in [0, 0.1) is 0 Å². The Morgan fingerprint density at radius 3 is 2.80 bits per heavy atom. The molecule has 12 heteroatoms. The number of β-lactam (4-membered cyclic amide) rings is 1. The standard InChI is InChI=1S/C13H18N4O6S2/c1-8-10(13(19)17(8)25(20,21)22)15-12(18)11(9-4-2-7-24-9)16-23-6-3-5-14/h2,4,7-8,10H,3,5-6,14H2,1H3,(H,15,18)(H,20,21,22)/b16-11+/t8-,10?/m0/s1. The van der Waals surface area contributed by atoms with Crippen molar-refractivity contribution in [2.45, 2.75) is 25.4 Å². The molecule has 2 amide bonds. The van der Waals surface area contributed by atoms with E-state index in [1.54, 1.807) is 17.5 Å². The van der Waals surface area contributed by atoms with Crippen LogP contribution < -0.4 is 11.1 Å². The molecule has 0 aromatic carbocycles. The van der Waals surface area contributed by atoms with Crippen LogP contribution in [0.15, 0.2) is 22.7 Å². The molecule has 1 aliphatic heterocycles. The monoisotopic (exact) mass is 390 g/mol. The second-order valence-electron chi connectivity index (χ2n) is 5.20. The maximum Gasteiger partial charge on any atom is 0.362 e. The van der Waals surface area contributed by atoms with Crippen LogP contribution in [-0.2, 0) is 24.7 Å². The molecule has 4 N–H and O–H groups in total. The number of oxime groups is 1. The highest BCUT2D eigenvalue weighted by atomic mass is 32.2. The highest BCUT2D eigenvalue weighted by Gasteiger charge is 2.51. The molecule has 1 aromatic rings. The first-order chi connectivity index (χ1) is 11.8. The molecule has 0 aliphatic carbocycles. The quantitative estimate of drug-likeness (QED) is 0.175. The minimum absolute atomic E-state index is 0.0303. The van der Waals surface area contributed by atoms with Crippen LogP contribution in [-0.4, -0.2) is 60.0 Å². The average Bonchev–Trinajstić information content (AvgIpc) is 3.05. The number of carbonyl (C=O) groups excluding carboxylic acids is 2. The van der Waals surface area contributed by atoms with Gasteiger partial charge >= 0.3 is 10.3 Å². The van der Waals surface area contributed by atoms with E-state index >= 15 is 0 Å². The zero-order valence-corrected chi connectivity index (χ0v) is 14.9. The first-order valence-electron chi connectivity index (χ1n) is 7.32. The molecule has 2 atom stereocenters. The van der Waals surface area contributed by atoms with E-state index < -0.39 is 34.2 Å². The van der Waals surface area contributed by atoms with Crippen molar-refractivity contribution < 1.29 is 27.4 Å². The van der Waals surface area contributed by atoms with Crippen LogP contribution in [0.25, 0.3) is 0 Å². The van der Waals surface area contributed by atoms with Crippen molar-refractivity contribution in [2.75, 3.05) is 13.2 Å². The molecule has 25 heavy (non-hydrogen) atoms. The summed E-state index contributed by atoms with van der Waals surface area (Å²) in [7, 11) is -4.65. The Balaban J connectivity index is 2.09. The average molecular weight is 390 g/mol. The van der Waals surface area contributed by atoms with Gasteiger partial charge in [0.05, 0.1) is 10.9 Å². The van der Waals surface area contributed by atoms with E-state index in [-0.39, 0.29) is 12.3 Å². The lowest BCUT2D eigenvalue weighted by Crippen LogP contribution is -2.71. The summed E-state index contributed by atoms with van der Waals surface area (Å²) in [6.07, 6.45) is 0.560. The molecule has 0 spiro atoms. The number of nitrogens with zero attached hydrogens (tertiary/aromatic N) is 2. The number of carbonyl (C=O) groups is 2. The van der Waals surface area contributed by atoms with Crippen LogP contribution >= 0.6 is 11.3 Å². The Hall–Kier alpha value is -2.02. The molecule has 1 fully saturated rings. The van der Waals surface area contributed by atoms with Crippen LogP contribution in [0.2, 0.25) is 0 Å². The summed E-state index contributed by atoms with van der Waals surface area (Å²) in [4.78, 5) is 29.9. The fraction of sp³-hybridized carbons (Fsp3) is 0.462. The van der Waals surface area contributed by atoms with Gasteiger partial charge in [0.2, 0.25) is 0 Å². The van der Waals surface area contributed by atoms with Gasteiger partial charge in [-0.15, -0.1) is 11.3 Å². The fourth-order valence-electron chi connectivity index (χ4n) is 2.18. The molecule has 2 heterocycles. The van der Waals surface area contributed by atoms with Crippen LogP contribution in [0.3, 0.4) is 0 Å². The third-order valence-electron chi connectivity index (χ3n) is 3.44. The minimum Gasteiger partial charge on any atom is -0.395 e. The van der Waals surface area contributed by atoms with Crippen molar-refractivity contribution in [1.82, 2.24) is 9.62 Å². The van der Waals surface area contributed by atoms with Crippen molar-refractivity contribution in [3.8, 4) is 0 Å². The Morgan fingerprint density at radius 1 is 1.56 bits per heavy atom. The number of nitrogens with one attached hydrogen (secondary N) is 1. The fourth-order valence-corrected chi connectivity index (χ4v) is 3.77. The number of rotatable bonds is 8. The maximum atomic E-state index is 12.4. The topological polar surface area (TPSA) is 151 Å². The van der Waals surface area contributed by atoms with E-state index in [4.69, 9.17) is 15.1 Å². The molecule has 0 radical (unpaired) electrons. The Labute approximate surface area is 148 Å². The summed E-state index contributed by atoms with van der Waals surface area (Å²) in [5, 5.41) is 7.96. The zero-order valence-electron chi connectivity index (χ0n) is 13.3. The van der Waals surface area contributed by atoms with Crippen LogP contribution in [0.4, 0.5) is 0 Å². The van der Waals surface area contributed by atoms with Gasteiger partial charge in [0.1, 0.15) is 12.6 Å². The van der Waals surface area contributed by atoms with Gasteiger partial charge in [0.25, 0.3) is 11.8 Å². The van der Waals surface area contributed by atoms with E-state index in [1.165, 1.54) is 18.3 Å². The lowest BCUT2D eigenvalue weighted by Gasteiger charge is -2.42. The predicted octanol–water partition coefficient (Wildman–Crippen LogP) is -0.664. The first-order valence-corrected chi connectivity index (χ1v) is 9.60. The second kappa shape index (κ2) is 7.91. The van der Waals surface area contributed by atoms with Crippen molar-refractivity contribution in [3.63, 3.8) is 0 Å². The van der Waals surface area contributed by atoms with Gasteiger partial charge < -0.3 is 15.9 Å². The number of hydrogen-bond acceptors (Lipinski definition) is 8. The van der Waals surface area contributed by atoms with Crippen molar-refractivity contribution >= 4 is 39.2 Å². The number of amides is 2. The van der Waals surface area contributed by atoms with E-state index in [2.05, 4.69) is 10.5 Å². The molecule has 138 valence electrons. The third-order valence-corrected chi connectivity index (χ3v) is 5.32. The van der Waals surface area contributed by atoms with E-state index in [0.717, 1.165) is 0 Å². The Kier molecular flexibility index (Phi) is 6.11. The molecule has 2 rings (SSSR count). The van der Waals surface area contributed by atoms with Crippen molar-refractivity contribution in [2.24, 2.45) is 10.9 Å². The number of thiophene rings is 1. The Morgan fingerprint density at radius 2 is 2.28 bits per heavy atom. The van der Waals surface area contributed by atoms with Crippen LogP contribution in [0.5, 0.6) is 0 Å². The Bertz CT molecular complexity index is 761. The van der Waals surface area contributed by atoms with Gasteiger partial charge in [0.15, 0.2) is 5.71 Å². The molecule has 0 bridgehead atoms. The molecule has 1 aromatic heterocycles. The number of hydrogen-bond donors (Lipinski definition) is 3. The largest absolute Gasteiger partial charge is 0.395 e. The SMILES string of the molecule is C[C@H]1C(NC(=O)/C(=N/OCCCN)c2cccs2)C(=O)N1S(=O)(=O)O. The van der Waals surface area contributed by atoms with Gasteiger partial charge in [-0.3, -0.25) is 14.1 Å². The van der Waals surface area contributed by atoms with Gasteiger partial charge in [-0.05, 0) is 31.3 Å². The second-order valence-corrected chi connectivity index (χ2v) is 7.43. The van der Waals surface area contributed by atoms with E-state index in [9.17, 15) is 18.0 Å². The molecule has 10 nitrogen and oxygen atoms in total. The van der Waals surface area contributed by atoms with Gasteiger partial charge in [0, 0.05) is 0 Å². The van der Waals surface area contributed by atoms with Gasteiger partial charge in [-0.1, -0.05) is 11.2 Å². The molecule has 1 unspecified atom stereocenters. The maximum absolute atomic E-state index is 12.4. The zero-order chi connectivity index (χ0) is 18.6. The molecular weight excluding hydrogens is 372 g/mol. The summed E-state index contributed by atoms with van der Waals surface area (Å²) < 4.78 is 31.4. The van der Waals surface area contributed by atoms with Crippen LogP contribution in [0.1, 0.15) is 18.2 Å². The first kappa shape index (κ1) is 19.3. The minimum atomic E-state index is -4.65. The van der Waals surface area contributed by atoms with Gasteiger partial charge in [-0.2, -0.15) is 8.42 Å². The lowest BCUT2D eigenvalue weighted by molar-refractivity contribution is -0.143. The predicted molar refractivity (Wildman–Crippen MR) is 90.3 cm³/mol. The van der Waals surface area contributed by atoms with E-state index in [0.29, 0.717) is 22.1 Å². The van der Waals surface area contributed by atoms with Crippen molar-refractivity contribution in [3.05, 3.63) is 22.4 Å². The lowest BCUT2D eigenvalue weighted by atomic mass is 10.0. The highest BCUT2D eigenvalue weighted by molar-refractivity contribution is 7.84. The summed E-state index contributed by atoms with van der Waals surface area (Å²) in [6, 6.07) is 1.39. The molecular formula is C13H18N4O6S2. The normalized spacial score (nSPS) is 21.0. The van der Waals surface area contributed by atoms with E-state index in [1.807, 2.05) is 0 Å². The third kappa shape index (κ3) is 4.34. The summed E-state index contributed by atoms with van der Waals surface area (Å²) in [5.41, 5.74) is 5.32. The van der Waals surface area contributed by atoms with Gasteiger partial charge in [-0.25, -0.2) is 4.31 Å². The summed E-state index contributed by atoms with van der Waals surface area (Å²) in [5.74, 6) is -1.60. The van der Waals surface area contributed by atoms with Crippen molar-refractivity contribution in [1.29, 1.82) is 0 Å². The molecule has 1 saturated heterocycles. The summed E-state index contributed by atoms with van der Waals surface area (Å²) in [6.45, 7) is 2.03. The highest BCUT2D eigenvalue weighted by Crippen LogP contribution is 2.23.